The van der Waals surface area contributed by atoms with Crippen molar-refractivity contribution in [3.8, 4) is 0 Å². The standard InChI is InChI=1S/C20H28N4O/c1-3-19-18(13-22-24(19)15-16-8-5-4-6-9-16)20(25)23-11-7-10-17(14-23)12-21-2/h4-6,8-9,13,17,21H,3,7,10-12,14-15H2,1-2H3. The molecule has 1 aromatic carbocycles. The molecule has 1 atom stereocenters. The molecule has 0 saturated carbocycles. The zero-order chi connectivity index (χ0) is 17.6. The van der Waals surface area contributed by atoms with Gasteiger partial charge in [0.05, 0.1) is 24.0 Å². The number of piperidine rings is 1. The molecule has 0 radical (unpaired) electrons. The summed E-state index contributed by atoms with van der Waals surface area (Å²) in [7, 11) is 1.98. The topological polar surface area (TPSA) is 50.2 Å². The number of carbonyl (C=O) groups is 1. The lowest BCUT2D eigenvalue weighted by Gasteiger charge is -2.32. The summed E-state index contributed by atoms with van der Waals surface area (Å²) in [5.41, 5.74) is 3.00. The van der Waals surface area contributed by atoms with Gasteiger partial charge >= 0.3 is 0 Å². The van der Waals surface area contributed by atoms with E-state index in [2.05, 4.69) is 29.5 Å². The van der Waals surface area contributed by atoms with Gasteiger partial charge in [-0.25, -0.2) is 0 Å². The quantitative estimate of drug-likeness (QED) is 0.879. The van der Waals surface area contributed by atoms with E-state index in [0.29, 0.717) is 12.5 Å². The number of nitrogens with zero attached hydrogens (tertiary/aromatic N) is 3. The van der Waals surface area contributed by atoms with Gasteiger partial charge in [-0.3, -0.25) is 9.48 Å². The Kier molecular flexibility index (Phi) is 5.87. The summed E-state index contributed by atoms with van der Waals surface area (Å²) in [6.07, 6.45) is 4.84. The Morgan fingerprint density at radius 3 is 2.84 bits per heavy atom. The van der Waals surface area contributed by atoms with E-state index in [1.165, 1.54) is 12.0 Å². The van der Waals surface area contributed by atoms with E-state index in [4.69, 9.17) is 0 Å². The smallest absolute Gasteiger partial charge is 0.257 e. The molecule has 0 aliphatic carbocycles. The van der Waals surface area contributed by atoms with E-state index in [0.717, 1.165) is 43.7 Å². The van der Waals surface area contributed by atoms with Crippen LogP contribution in [0.15, 0.2) is 36.5 Å². The third-order valence-corrected chi connectivity index (χ3v) is 4.99. The zero-order valence-corrected chi connectivity index (χ0v) is 15.2. The second-order valence-electron chi connectivity index (χ2n) is 6.82. The maximum absolute atomic E-state index is 13.0. The van der Waals surface area contributed by atoms with Crippen molar-refractivity contribution < 1.29 is 4.79 Å². The van der Waals surface area contributed by atoms with Crippen LogP contribution in [-0.2, 0) is 13.0 Å². The minimum absolute atomic E-state index is 0.136. The Morgan fingerprint density at radius 2 is 2.12 bits per heavy atom. The molecule has 1 saturated heterocycles. The van der Waals surface area contributed by atoms with Gasteiger partial charge in [0.1, 0.15) is 0 Å². The first-order valence-electron chi connectivity index (χ1n) is 9.25. The van der Waals surface area contributed by atoms with E-state index < -0.39 is 0 Å². The molecule has 1 aliphatic heterocycles. The van der Waals surface area contributed by atoms with Crippen LogP contribution in [0.3, 0.4) is 0 Å². The van der Waals surface area contributed by atoms with Crippen molar-refractivity contribution in [1.82, 2.24) is 20.0 Å². The van der Waals surface area contributed by atoms with Gasteiger partial charge in [-0.15, -0.1) is 0 Å². The molecule has 1 N–H and O–H groups in total. The van der Waals surface area contributed by atoms with E-state index in [1.54, 1.807) is 6.20 Å². The fourth-order valence-electron chi connectivity index (χ4n) is 3.73. The van der Waals surface area contributed by atoms with Gasteiger partial charge in [0.15, 0.2) is 0 Å². The predicted molar refractivity (Wildman–Crippen MR) is 99.7 cm³/mol. The number of hydrogen-bond acceptors (Lipinski definition) is 3. The summed E-state index contributed by atoms with van der Waals surface area (Å²) in [5.74, 6) is 0.684. The largest absolute Gasteiger partial charge is 0.338 e. The number of aromatic nitrogens is 2. The van der Waals surface area contributed by atoms with Crippen molar-refractivity contribution in [1.29, 1.82) is 0 Å². The first-order chi connectivity index (χ1) is 12.2. The Bertz CT molecular complexity index is 693. The molecular formula is C20H28N4O. The number of hydrogen-bond donors (Lipinski definition) is 1. The van der Waals surface area contributed by atoms with Gasteiger partial charge in [-0.2, -0.15) is 5.10 Å². The molecule has 0 bridgehead atoms. The van der Waals surface area contributed by atoms with Gasteiger partial charge < -0.3 is 10.2 Å². The highest BCUT2D eigenvalue weighted by atomic mass is 16.2. The Labute approximate surface area is 150 Å². The van der Waals surface area contributed by atoms with Gasteiger partial charge in [0.25, 0.3) is 5.91 Å². The molecule has 1 amide bonds. The summed E-state index contributed by atoms with van der Waals surface area (Å²) in [5, 5.41) is 7.75. The molecule has 5 heteroatoms. The van der Waals surface area contributed by atoms with E-state index in [1.807, 2.05) is 34.8 Å². The molecule has 134 valence electrons. The monoisotopic (exact) mass is 340 g/mol. The van der Waals surface area contributed by atoms with Gasteiger partial charge in [0, 0.05) is 13.1 Å². The molecule has 25 heavy (non-hydrogen) atoms. The van der Waals surface area contributed by atoms with Crippen molar-refractivity contribution in [2.75, 3.05) is 26.7 Å². The first kappa shape index (κ1) is 17.7. The molecule has 3 rings (SSSR count). The van der Waals surface area contributed by atoms with Crippen LogP contribution in [0, 0.1) is 5.92 Å². The third-order valence-electron chi connectivity index (χ3n) is 4.99. The number of rotatable bonds is 6. The summed E-state index contributed by atoms with van der Waals surface area (Å²) in [4.78, 5) is 15.1. The van der Waals surface area contributed by atoms with Gasteiger partial charge in [-0.1, -0.05) is 37.3 Å². The zero-order valence-electron chi connectivity index (χ0n) is 15.2. The number of benzene rings is 1. The van der Waals surface area contributed by atoms with Crippen LogP contribution in [0.25, 0.3) is 0 Å². The molecule has 1 fully saturated rings. The highest BCUT2D eigenvalue weighted by molar-refractivity contribution is 5.95. The van der Waals surface area contributed by atoms with Crippen molar-refractivity contribution in [3.63, 3.8) is 0 Å². The summed E-state index contributed by atoms with van der Waals surface area (Å²) >= 11 is 0. The number of nitrogens with one attached hydrogen (secondary N) is 1. The lowest BCUT2D eigenvalue weighted by atomic mass is 9.97. The molecule has 2 heterocycles. The minimum atomic E-state index is 0.136. The Balaban J connectivity index is 1.76. The van der Waals surface area contributed by atoms with Crippen molar-refractivity contribution in [3.05, 3.63) is 53.3 Å². The van der Waals surface area contributed by atoms with E-state index in [-0.39, 0.29) is 5.91 Å². The number of likely N-dealkylation sites (tertiary alicyclic amines) is 1. The van der Waals surface area contributed by atoms with Crippen molar-refractivity contribution in [2.45, 2.75) is 32.7 Å². The number of amides is 1. The average molecular weight is 340 g/mol. The lowest BCUT2D eigenvalue weighted by Crippen LogP contribution is -2.42. The van der Waals surface area contributed by atoms with E-state index in [9.17, 15) is 4.79 Å². The van der Waals surface area contributed by atoms with Gasteiger partial charge in [-0.05, 0) is 44.3 Å². The Morgan fingerprint density at radius 1 is 1.32 bits per heavy atom. The second-order valence-corrected chi connectivity index (χ2v) is 6.82. The molecule has 2 aromatic rings. The lowest BCUT2D eigenvalue weighted by molar-refractivity contribution is 0.0673. The summed E-state index contributed by atoms with van der Waals surface area (Å²) in [6, 6.07) is 10.3. The molecule has 5 nitrogen and oxygen atoms in total. The highest BCUT2D eigenvalue weighted by Crippen LogP contribution is 2.20. The average Bonchev–Trinajstić information content (AvgIpc) is 3.05. The van der Waals surface area contributed by atoms with Crippen LogP contribution in [0.2, 0.25) is 0 Å². The second kappa shape index (κ2) is 8.30. The maximum atomic E-state index is 13.0. The van der Waals surface area contributed by atoms with Crippen LogP contribution in [0.5, 0.6) is 0 Å². The van der Waals surface area contributed by atoms with Crippen LogP contribution in [0.1, 0.15) is 41.4 Å². The minimum Gasteiger partial charge on any atom is -0.338 e. The molecule has 1 aromatic heterocycles. The number of carbonyl (C=O) groups excluding carboxylic acids is 1. The fourth-order valence-corrected chi connectivity index (χ4v) is 3.73. The van der Waals surface area contributed by atoms with Crippen molar-refractivity contribution in [2.24, 2.45) is 5.92 Å². The SMILES string of the molecule is CCc1c(C(=O)N2CCCC(CNC)C2)cnn1Cc1ccccc1. The summed E-state index contributed by atoms with van der Waals surface area (Å²) < 4.78 is 1.97. The van der Waals surface area contributed by atoms with E-state index >= 15 is 0 Å². The summed E-state index contributed by atoms with van der Waals surface area (Å²) in [6.45, 7) is 5.46. The van der Waals surface area contributed by atoms with Crippen LogP contribution >= 0.6 is 0 Å². The Hall–Kier alpha value is -2.14. The normalized spacial score (nSPS) is 17.7. The van der Waals surface area contributed by atoms with Crippen molar-refractivity contribution >= 4 is 5.91 Å². The highest BCUT2D eigenvalue weighted by Gasteiger charge is 2.27. The molecular weight excluding hydrogens is 312 g/mol. The van der Waals surface area contributed by atoms with Crippen LogP contribution in [0.4, 0.5) is 0 Å². The predicted octanol–water partition coefficient (Wildman–Crippen LogP) is 2.57. The van der Waals surface area contributed by atoms with Crippen LogP contribution in [-0.4, -0.2) is 47.3 Å². The maximum Gasteiger partial charge on any atom is 0.257 e. The van der Waals surface area contributed by atoms with Crippen LogP contribution < -0.4 is 5.32 Å². The fraction of sp³-hybridized carbons (Fsp3) is 0.500. The van der Waals surface area contributed by atoms with Gasteiger partial charge in [0.2, 0.25) is 0 Å². The molecule has 0 spiro atoms. The first-order valence-corrected chi connectivity index (χ1v) is 9.25. The molecule has 1 unspecified atom stereocenters. The molecule has 1 aliphatic rings. The third kappa shape index (κ3) is 4.10.